The van der Waals surface area contributed by atoms with Gasteiger partial charge in [-0.2, -0.15) is 13.2 Å². The fourth-order valence-electron chi connectivity index (χ4n) is 3.76. The van der Waals surface area contributed by atoms with E-state index in [4.69, 9.17) is 22.4 Å². The predicted octanol–water partition coefficient (Wildman–Crippen LogP) is 2.93. The number of nitrogens with zero attached hydrogens (tertiary/aromatic N) is 2. The van der Waals surface area contributed by atoms with Crippen molar-refractivity contribution < 1.29 is 28.2 Å². The molecule has 11 heteroatoms. The number of rotatable bonds is 5. The highest BCUT2D eigenvalue weighted by Crippen LogP contribution is 2.43. The molecule has 30 heavy (non-hydrogen) atoms. The molecule has 1 saturated heterocycles. The van der Waals surface area contributed by atoms with Crippen LogP contribution in [0.1, 0.15) is 36.1 Å². The number of thiophene rings is 1. The van der Waals surface area contributed by atoms with Crippen molar-refractivity contribution in [1.29, 1.82) is 0 Å². The van der Waals surface area contributed by atoms with Crippen molar-refractivity contribution >= 4 is 28.8 Å². The lowest BCUT2D eigenvalue weighted by Gasteiger charge is -2.44. The number of carbonyl (C=O) groups excluding carboxylic acids is 1. The van der Waals surface area contributed by atoms with E-state index in [0.717, 1.165) is 22.5 Å². The Balaban J connectivity index is 0.00000218. The van der Waals surface area contributed by atoms with Crippen molar-refractivity contribution in [2.24, 2.45) is 5.73 Å². The van der Waals surface area contributed by atoms with E-state index in [-0.39, 0.29) is 24.6 Å². The summed E-state index contributed by atoms with van der Waals surface area (Å²) in [4.78, 5) is 15.5. The second kappa shape index (κ2) is 11.2. The molecule has 0 aliphatic carbocycles. The van der Waals surface area contributed by atoms with Crippen LogP contribution < -0.4 is 5.73 Å². The summed E-state index contributed by atoms with van der Waals surface area (Å²) < 4.78 is 40.1. The molecule has 172 valence electrons. The van der Waals surface area contributed by atoms with Gasteiger partial charge in [0.15, 0.2) is 0 Å². The number of hydrogen-bond donors (Lipinski definition) is 3. The van der Waals surface area contributed by atoms with Crippen LogP contribution in [0.2, 0.25) is 4.34 Å². The number of carbonyl (C=O) groups is 1. The van der Waals surface area contributed by atoms with Gasteiger partial charge in [0.05, 0.1) is 10.4 Å². The minimum absolute atomic E-state index is 0.0485. The summed E-state index contributed by atoms with van der Waals surface area (Å²) in [7, 11) is 4.43. The van der Waals surface area contributed by atoms with E-state index in [9.17, 15) is 23.1 Å². The van der Waals surface area contributed by atoms with Gasteiger partial charge in [-0.25, -0.2) is 0 Å². The molecule has 3 unspecified atom stereocenters. The van der Waals surface area contributed by atoms with Crippen LogP contribution in [0.5, 0.6) is 0 Å². The van der Waals surface area contributed by atoms with Gasteiger partial charge in [-0.15, -0.1) is 11.3 Å². The number of aliphatic hydroxyl groups excluding tert-OH is 2. The number of hydrogen-bond acceptors (Lipinski definition) is 6. The van der Waals surface area contributed by atoms with Crippen molar-refractivity contribution in [3.05, 3.63) is 32.7 Å². The number of aliphatic hydroxyl groups is 2. The largest absolute Gasteiger partial charge is 0.471 e. The van der Waals surface area contributed by atoms with E-state index in [0.29, 0.717) is 17.2 Å². The fourth-order valence-corrected chi connectivity index (χ4v) is 5.21. The van der Waals surface area contributed by atoms with E-state index in [1.54, 1.807) is 32.0 Å². The van der Waals surface area contributed by atoms with Crippen LogP contribution in [0.25, 0.3) is 0 Å². The molecule has 0 aromatic carbocycles. The molecule has 1 amide bonds. The monoisotopic (exact) mass is 471 g/mol. The van der Waals surface area contributed by atoms with Crippen molar-refractivity contribution in [2.45, 2.75) is 50.4 Å². The number of piperidine rings is 1. The van der Waals surface area contributed by atoms with Gasteiger partial charge in [0.1, 0.15) is 0 Å². The standard InChI is InChI=1S/C18H25ClF3N3O2S.CH4O/c1-10-6-12(16-11(4-5-26)8-15(19)28-16)7-14(13(23)9-24(2)3)25(10)17(27)18(20,21)22;1-2/h8-10,12,14,26H,4-7,23H2,1-3H3;2H,1H3/b13-9-;. The van der Waals surface area contributed by atoms with Crippen molar-refractivity contribution in [3.63, 3.8) is 0 Å². The van der Waals surface area contributed by atoms with E-state index in [1.165, 1.54) is 17.5 Å². The molecule has 0 radical (unpaired) electrons. The Labute approximate surface area is 183 Å². The lowest BCUT2D eigenvalue weighted by molar-refractivity contribution is -0.191. The van der Waals surface area contributed by atoms with Crippen LogP contribution >= 0.6 is 22.9 Å². The summed E-state index contributed by atoms with van der Waals surface area (Å²) in [6.45, 7) is 1.56. The van der Waals surface area contributed by atoms with E-state index in [1.807, 2.05) is 0 Å². The third-order valence-electron chi connectivity index (χ3n) is 4.78. The zero-order valence-electron chi connectivity index (χ0n) is 17.4. The SMILES string of the molecule is CC1CC(c2sc(Cl)cc2CCO)CC(/C(N)=C/N(C)C)N1C(=O)C(F)(F)F.CO. The van der Waals surface area contributed by atoms with Gasteiger partial charge < -0.3 is 25.7 Å². The smallest absolute Gasteiger partial charge is 0.400 e. The zero-order valence-corrected chi connectivity index (χ0v) is 19.0. The summed E-state index contributed by atoms with van der Waals surface area (Å²) in [5.41, 5.74) is 7.21. The topological polar surface area (TPSA) is 90.0 Å². The third-order valence-corrected chi connectivity index (χ3v) is 6.25. The molecule has 1 aromatic rings. The summed E-state index contributed by atoms with van der Waals surface area (Å²) in [5.74, 6) is -1.98. The van der Waals surface area contributed by atoms with Crippen LogP contribution in [0.15, 0.2) is 18.0 Å². The Morgan fingerprint density at radius 1 is 1.40 bits per heavy atom. The number of likely N-dealkylation sites (tertiary alicyclic amines) is 1. The van der Waals surface area contributed by atoms with E-state index < -0.39 is 24.2 Å². The predicted molar refractivity (Wildman–Crippen MR) is 112 cm³/mol. The number of amides is 1. The maximum Gasteiger partial charge on any atom is 0.471 e. The first-order valence-corrected chi connectivity index (χ1v) is 10.5. The molecule has 2 heterocycles. The molecule has 3 atom stereocenters. The minimum Gasteiger partial charge on any atom is -0.400 e. The van der Waals surface area contributed by atoms with Crippen LogP contribution in [0, 0.1) is 0 Å². The first kappa shape index (κ1) is 26.5. The second-order valence-corrected chi connectivity index (χ2v) is 8.96. The Morgan fingerprint density at radius 3 is 2.50 bits per heavy atom. The van der Waals surface area contributed by atoms with Crippen molar-refractivity contribution in [1.82, 2.24) is 9.80 Å². The highest BCUT2D eigenvalue weighted by Gasteiger charge is 2.49. The molecule has 1 aliphatic rings. The molecule has 0 bridgehead atoms. The van der Waals surface area contributed by atoms with Crippen LogP contribution in [-0.4, -0.2) is 72.0 Å². The third kappa shape index (κ3) is 6.50. The van der Waals surface area contributed by atoms with Gasteiger partial charge in [0.2, 0.25) is 0 Å². The zero-order chi connectivity index (χ0) is 23.2. The van der Waals surface area contributed by atoms with Gasteiger partial charge >= 0.3 is 12.1 Å². The minimum atomic E-state index is -4.97. The van der Waals surface area contributed by atoms with Gasteiger partial charge in [-0.05, 0) is 43.7 Å². The fraction of sp³-hybridized carbons (Fsp3) is 0.632. The molecule has 2 rings (SSSR count). The lowest BCUT2D eigenvalue weighted by atomic mass is 9.83. The molecule has 0 saturated carbocycles. The van der Waals surface area contributed by atoms with Crippen LogP contribution in [-0.2, 0) is 11.2 Å². The Hall–Kier alpha value is -1.49. The van der Waals surface area contributed by atoms with E-state index in [2.05, 4.69) is 0 Å². The van der Waals surface area contributed by atoms with Crippen LogP contribution in [0.3, 0.4) is 0 Å². The van der Waals surface area contributed by atoms with Crippen molar-refractivity contribution in [2.75, 3.05) is 27.8 Å². The molecule has 6 nitrogen and oxygen atoms in total. The Bertz CT molecular complexity index is 740. The molecule has 0 spiro atoms. The molecular weight excluding hydrogens is 443 g/mol. The summed E-state index contributed by atoms with van der Waals surface area (Å²) in [6.07, 6.45) is -2.39. The summed E-state index contributed by atoms with van der Waals surface area (Å²) >= 11 is 7.51. The average Bonchev–Trinajstić information content (AvgIpc) is 3.01. The molecule has 1 aromatic heterocycles. The van der Waals surface area contributed by atoms with Gasteiger partial charge in [0.25, 0.3) is 0 Å². The van der Waals surface area contributed by atoms with Gasteiger partial charge in [-0.3, -0.25) is 4.79 Å². The average molecular weight is 472 g/mol. The molecular formula is C19H29ClF3N3O3S. The lowest BCUT2D eigenvalue weighted by Crippen LogP contribution is -2.56. The first-order chi connectivity index (χ1) is 14.0. The van der Waals surface area contributed by atoms with E-state index >= 15 is 0 Å². The maximum atomic E-state index is 13.2. The normalized spacial score (nSPS) is 22.4. The van der Waals surface area contributed by atoms with Crippen LogP contribution in [0.4, 0.5) is 13.2 Å². The second-order valence-electron chi connectivity index (χ2n) is 7.25. The highest BCUT2D eigenvalue weighted by atomic mass is 35.5. The number of halogens is 4. The van der Waals surface area contributed by atoms with Gasteiger partial charge in [0, 0.05) is 50.6 Å². The Kier molecular flexibility index (Phi) is 9.93. The molecule has 1 aliphatic heterocycles. The quantitative estimate of drug-likeness (QED) is 0.614. The Morgan fingerprint density at radius 2 is 2.00 bits per heavy atom. The first-order valence-electron chi connectivity index (χ1n) is 9.32. The van der Waals surface area contributed by atoms with Crippen molar-refractivity contribution in [3.8, 4) is 0 Å². The number of nitrogens with two attached hydrogens (primary N) is 1. The molecule has 4 N–H and O–H groups in total. The summed E-state index contributed by atoms with van der Waals surface area (Å²) in [6, 6.07) is 0.243. The summed E-state index contributed by atoms with van der Waals surface area (Å²) in [5, 5.41) is 16.3. The van der Waals surface area contributed by atoms with Gasteiger partial charge in [-0.1, -0.05) is 11.6 Å². The highest BCUT2D eigenvalue weighted by molar-refractivity contribution is 7.16. The molecule has 1 fully saturated rings. The number of alkyl halides is 3. The maximum absolute atomic E-state index is 13.2.